The lowest BCUT2D eigenvalue weighted by atomic mass is 9.67. The average Bonchev–Trinajstić information content (AvgIpc) is 2.93. The molecule has 0 saturated carbocycles. The highest BCUT2D eigenvalue weighted by Gasteiger charge is 2.53. The molecular formula is C26H39BO3. The fraction of sp³-hybridized carbons (Fsp3) is 0.615. The van der Waals surface area contributed by atoms with Crippen molar-refractivity contribution in [1.29, 1.82) is 0 Å². The Morgan fingerprint density at radius 3 is 2.27 bits per heavy atom. The van der Waals surface area contributed by atoms with Crippen molar-refractivity contribution in [3.8, 4) is 0 Å². The monoisotopic (exact) mass is 410 g/mol. The lowest BCUT2D eigenvalue weighted by Crippen LogP contribution is -2.41. The molecule has 164 valence electrons. The molecule has 0 N–H and O–H groups in total. The van der Waals surface area contributed by atoms with E-state index in [0.717, 1.165) is 19.4 Å². The van der Waals surface area contributed by atoms with Crippen molar-refractivity contribution in [3.05, 3.63) is 48.0 Å². The third-order valence-corrected chi connectivity index (χ3v) is 6.80. The maximum Gasteiger partial charge on any atom is 0.461 e. The Bertz CT molecular complexity index is 786. The van der Waals surface area contributed by atoms with E-state index in [-0.39, 0.29) is 18.3 Å². The van der Waals surface area contributed by atoms with Crippen molar-refractivity contribution in [3.63, 3.8) is 0 Å². The number of benzene rings is 2. The Morgan fingerprint density at radius 1 is 0.867 bits per heavy atom. The first-order chi connectivity index (χ1) is 14.3. The predicted molar refractivity (Wildman–Crippen MR) is 127 cm³/mol. The summed E-state index contributed by atoms with van der Waals surface area (Å²) in [7, 11) is -0.138. The van der Waals surface area contributed by atoms with E-state index >= 15 is 0 Å². The molecule has 1 saturated heterocycles. The first-order valence-electron chi connectivity index (χ1n) is 11.7. The smallest absolute Gasteiger partial charge is 0.403 e. The fourth-order valence-electron chi connectivity index (χ4n) is 4.08. The lowest BCUT2D eigenvalue weighted by Gasteiger charge is -2.32. The van der Waals surface area contributed by atoms with Crippen LogP contribution in [-0.2, 0) is 20.7 Å². The second-order valence-electron chi connectivity index (χ2n) is 9.76. The lowest BCUT2D eigenvalue weighted by molar-refractivity contribution is 0.00578. The number of rotatable bonds is 11. The molecule has 30 heavy (non-hydrogen) atoms. The van der Waals surface area contributed by atoms with E-state index in [1.807, 2.05) is 0 Å². The maximum atomic E-state index is 6.37. The topological polar surface area (TPSA) is 27.7 Å². The van der Waals surface area contributed by atoms with Gasteiger partial charge >= 0.3 is 7.12 Å². The Kier molecular flexibility index (Phi) is 8.01. The van der Waals surface area contributed by atoms with Gasteiger partial charge in [-0.15, -0.1) is 0 Å². The van der Waals surface area contributed by atoms with Crippen molar-refractivity contribution >= 4 is 17.9 Å². The van der Waals surface area contributed by atoms with Crippen molar-refractivity contribution in [2.24, 2.45) is 0 Å². The third kappa shape index (κ3) is 5.87. The van der Waals surface area contributed by atoms with Crippen molar-refractivity contribution in [2.45, 2.75) is 96.8 Å². The van der Waals surface area contributed by atoms with Crippen LogP contribution >= 0.6 is 0 Å². The van der Waals surface area contributed by atoms with Crippen LogP contribution in [0.25, 0.3) is 10.8 Å². The zero-order valence-electron chi connectivity index (χ0n) is 19.6. The molecule has 1 aliphatic heterocycles. The maximum absolute atomic E-state index is 6.37. The molecule has 0 aromatic heterocycles. The highest BCUT2D eigenvalue weighted by Crippen LogP contribution is 2.42. The van der Waals surface area contributed by atoms with Gasteiger partial charge in [-0.1, -0.05) is 75.4 Å². The zero-order valence-corrected chi connectivity index (χ0v) is 19.6. The van der Waals surface area contributed by atoms with Crippen molar-refractivity contribution < 1.29 is 14.0 Å². The molecule has 3 nitrogen and oxygen atoms in total. The van der Waals surface area contributed by atoms with Gasteiger partial charge in [-0.2, -0.15) is 0 Å². The highest BCUT2D eigenvalue weighted by atomic mass is 16.7. The van der Waals surface area contributed by atoms with E-state index in [0.29, 0.717) is 12.4 Å². The van der Waals surface area contributed by atoms with Crippen molar-refractivity contribution in [2.75, 3.05) is 6.61 Å². The number of hydrogen-bond acceptors (Lipinski definition) is 3. The Morgan fingerprint density at radius 2 is 1.57 bits per heavy atom. The quantitative estimate of drug-likeness (QED) is 0.290. The Hall–Kier alpha value is -1.36. The molecule has 0 bridgehead atoms. The minimum absolute atomic E-state index is 0.138. The Labute approximate surface area is 183 Å². The van der Waals surface area contributed by atoms with E-state index in [9.17, 15) is 0 Å². The van der Waals surface area contributed by atoms with Gasteiger partial charge in [-0.05, 0) is 62.3 Å². The fourth-order valence-corrected chi connectivity index (χ4v) is 4.08. The van der Waals surface area contributed by atoms with Crippen LogP contribution in [0.2, 0.25) is 5.82 Å². The molecule has 1 aliphatic rings. The average molecular weight is 410 g/mol. The summed E-state index contributed by atoms with van der Waals surface area (Å²) in [5.74, 6) is 0.375. The molecule has 1 unspecified atom stereocenters. The zero-order chi connectivity index (χ0) is 21.6. The summed E-state index contributed by atoms with van der Waals surface area (Å²) in [5, 5.41) is 2.54. The standard InChI is InChI=1S/C26H39BO3/c1-6-7-8-9-14-24(27-29-25(2,3)26(4,5)30-27)17-18-28-20-21-15-16-22-12-10-11-13-23(22)19-21/h10-13,15-16,19,24H,6-9,14,17-18,20H2,1-5H3. The summed E-state index contributed by atoms with van der Waals surface area (Å²) < 4.78 is 18.8. The predicted octanol–water partition coefficient (Wildman–Crippen LogP) is 7.18. The number of ether oxygens (including phenoxy) is 1. The van der Waals surface area contributed by atoms with Gasteiger partial charge in [0.2, 0.25) is 0 Å². The van der Waals surface area contributed by atoms with Gasteiger partial charge in [0, 0.05) is 6.61 Å². The largest absolute Gasteiger partial charge is 0.461 e. The van der Waals surface area contributed by atoms with Crippen LogP contribution in [0.1, 0.15) is 78.7 Å². The van der Waals surface area contributed by atoms with E-state index < -0.39 is 0 Å². The van der Waals surface area contributed by atoms with Crippen LogP contribution in [0, 0.1) is 0 Å². The molecular weight excluding hydrogens is 371 g/mol. The van der Waals surface area contributed by atoms with E-state index in [2.05, 4.69) is 77.1 Å². The van der Waals surface area contributed by atoms with Crippen LogP contribution in [0.15, 0.2) is 42.5 Å². The highest BCUT2D eigenvalue weighted by molar-refractivity contribution is 6.47. The third-order valence-electron chi connectivity index (χ3n) is 6.80. The van der Waals surface area contributed by atoms with Gasteiger partial charge in [-0.3, -0.25) is 0 Å². The summed E-state index contributed by atoms with van der Waals surface area (Å²) in [6.07, 6.45) is 7.18. The van der Waals surface area contributed by atoms with Gasteiger partial charge in [0.25, 0.3) is 0 Å². The van der Waals surface area contributed by atoms with Gasteiger partial charge in [0.05, 0.1) is 17.8 Å². The second-order valence-corrected chi connectivity index (χ2v) is 9.76. The minimum Gasteiger partial charge on any atom is -0.403 e. The van der Waals surface area contributed by atoms with E-state index in [4.69, 9.17) is 14.0 Å². The first-order valence-corrected chi connectivity index (χ1v) is 11.7. The number of unbranched alkanes of at least 4 members (excludes halogenated alkanes) is 3. The van der Waals surface area contributed by atoms with Crippen molar-refractivity contribution in [1.82, 2.24) is 0 Å². The molecule has 2 aromatic rings. The molecule has 4 heteroatoms. The van der Waals surface area contributed by atoms with Crippen LogP contribution in [-0.4, -0.2) is 24.9 Å². The summed E-state index contributed by atoms with van der Waals surface area (Å²) >= 11 is 0. The Balaban J connectivity index is 1.53. The summed E-state index contributed by atoms with van der Waals surface area (Å²) in [6.45, 7) is 12.2. The molecule has 0 radical (unpaired) electrons. The van der Waals surface area contributed by atoms with E-state index in [1.165, 1.54) is 42.0 Å². The van der Waals surface area contributed by atoms with Crippen LogP contribution < -0.4 is 0 Å². The van der Waals surface area contributed by atoms with E-state index in [1.54, 1.807) is 0 Å². The summed E-state index contributed by atoms with van der Waals surface area (Å²) in [4.78, 5) is 0. The summed E-state index contributed by atoms with van der Waals surface area (Å²) in [6, 6.07) is 15.0. The van der Waals surface area contributed by atoms with Crippen LogP contribution in [0.4, 0.5) is 0 Å². The summed E-state index contributed by atoms with van der Waals surface area (Å²) in [5.41, 5.74) is 0.681. The molecule has 1 fully saturated rings. The number of hydrogen-bond donors (Lipinski definition) is 0. The van der Waals surface area contributed by atoms with Gasteiger partial charge < -0.3 is 14.0 Å². The molecule has 1 heterocycles. The SMILES string of the molecule is CCCCCCC(CCOCc1ccc2ccccc2c1)B1OC(C)(C)C(C)(C)O1. The van der Waals surface area contributed by atoms with Gasteiger partial charge in [0.15, 0.2) is 0 Å². The van der Waals surface area contributed by atoms with Gasteiger partial charge in [0.1, 0.15) is 0 Å². The molecule has 0 aliphatic carbocycles. The molecule has 2 aromatic carbocycles. The van der Waals surface area contributed by atoms with Crippen LogP contribution in [0.3, 0.4) is 0 Å². The first kappa shape index (κ1) is 23.3. The van der Waals surface area contributed by atoms with Gasteiger partial charge in [-0.25, -0.2) is 0 Å². The van der Waals surface area contributed by atoms with Crippen LogP contribution in [0.5, 0.6) is 0 Å². The molecule has 0 spiro atoms. The molecule has 3 rings (SSSR count). The molecule has 1 atom stereocenters. The number of fused-ring (bicyclic) bond motifs is 1. The normalized spacial score (nSPS) is 18.8. The minimum atomic E-state index is -0.273. The second kappa shape index (κ2) is 10.3. The molecule has 0 amide bonds.